The fourth-order valence-corrected chi connectivity index (χ4v) is 7.05. The Kier molecular flexibility index (Phi) is 13.2. The summed E-state index contributed by atoms with van der Waals surface area (Å²) in [6, 6.07) is 11.1. The largest absolute Gasteiger partial charge is 0.442 e. The number of alkyl carbamates (subject to hydrolysis) is 1. The summed E-state index contributed by atoms with van der Waals surface area (Å²) in [5, 5.41) is 18.3. The number of imidazole rings is 1. The summed E-state index contributed by atoms with van der Waals surface area (Å²) in [5.41, 5.74) is 0.977. The molecule has 2 saturated heterocycles. The average molecular weight is 768 g/mol. The van der Waals surface area contributed by atoms with Crippen molar-refractivity contribution in [1.82, 2.24) is 35.3 Å². The van der Waals surface area contributed by atoms with Crippen molar-refractivity contribution in [3.05, 3.63) is 89.9 Å². The van der Waals surface area contributed by atoms with Crippen molar-refractivity contribution in [2.24, 2.45) is 11.8 Å². The number of aliphatic hydroxyl groups excluding tert-OH is 1. The quantitative estimate of drug-likeness (QED) is 0.170. The van der Waals surface area contributed by atoms with E-state index >= 15 is 8.78 Å². The highest BCUT2D eigenvalue weighted by molar-refractivity contribution is 6.12. The maximum atomic E-state index is 15.3. The Morgan fingerprint density at radius 2 is 1.80 bits per heavy atom. The van der Waals surface area contributed by atoms with Crippen molar-refractivity contribution in [3.63, 3.8) is 0 Å². The van der Waals surface area contributed by atoms with Crippen molar-refractivity contribution in [2.45, 2.75) is 37.7 Å². The monoisotopic (exact) mass is 767 g/mol. The predicted molar refractivity (Wildman–Crippen MR) is 192 cm³/mol. The molecule has 0 spiro atoms. The van der Waals surface area contributed by atoms with E-state index in [1.807, 2.05) is 30.3 Å². The van der Waals surface area contributed by atoms with Crippen LogP contribution >= 0.6 is 0 Å². The number of amides is 5. The molecule has 4 atom stereocenters. The van der Waals surface area contributed by atoms with E-state index in [1.165, 1.54) is 4.90 Å². The first-order chi connectivity index (χ1) is 26.6. The Balaban J connectivity index is 1.28. The molecule has 0 aliphatic carbocycles. The predicted octanol–water partition coefficient (Wildman–Crippen LogP) is 2.93. The lowest BCUT2D eigenvalue weighted by Crippen LogP contribution is -2.51. The van der Waals surface area contributed by atoms with Gasteiger partial charge in [-0.25, -0.2) is 27.7 Å². The first-order valence-corrected chi connectivity index (χ1v) is 18.2. The van der Waals surface area contributed by atoms with Crippen molar-refractivity contribution in [3.8, 4) is 11.3 Å². The molecule has 6 rings (SSSR count). The maximum Gasteiger partial charge on any atom is 0.407 e. The fourth-order valence-electron chi connectivity index (χ4n) is 7.05. The molecule has 4 N–H and O–H groups in total. The zero-order valence-electron chi connectivity index (χ0n) is 30.0. The van der Waals surface area contributed by atoms with Crippen LogP contribution in [0.5, 0.6) is 0 Å². The summed E-state index contributed by atoms with van der Waals surface area (Å²) >= 11 is 0. The lowest BCUT2D eigenvalue weighted by atomic mass is 9.89. The molecule has 0 bridgehead atoms. The second-order valence-electron chi connectivity index (χ2n) is 13.7. The number of imide groups is 1. The highest BCUT2D eigenvalue weighted by atomic mass is 19.1. The Bertz CT molecular complexity index is 1840. The van der Waals surface area contributed by atoms with E-state index < -0.39 is 66.4 Å². The normalized spacial score (nSPS) is 19.7. The summed E-state index contributed by atoms with van der Waals surface area (Å²) in [7, 11) is 0. The summed E-state index contributed by atoms with van der Waals surface area (Å²) in [6.07, 6.45) is 1.50. The van der Waals surface area contributed by atoms with Crippen LogP contribution in [0.1, 0.15) is 30.3 Å². The van der Waals surface area contributed by atoms with Crippen molar-refractivity contribution in [1.29, 1.82) is 0 Å². The summed E-state index contributed by atoms with van der Waals surface area (Å²) in [6.45, 7) is 0.240. The SMILES string of the molecule is O=C(NCCN1C(=O)C=CC1=O)OC(CO)CNC(=O)N(CC1CNCC1F)C(c1nc(-c2cc(F)ccc2F)cn1Cc1ccccc1)C1CCOCC1. The van der Waals surface area contributed by atoms with Gasteiger partial charge in [-0.15, -0.1) is 0 Å². The molecule has 3 aliphatic rings. The molecule has 5 amide bonds. The number of rotatable bonds is 15. The number of alkyl halides is 1. The van der Waals surface area contributed by atoms with Crippen LogP contribution in [0, 0.1) is 23.5 Å². The van der Waals surface area contributed by atoms with Gasteiger partial charge in [-0.1, -0.05) is 30.3 Å². The van der Waals surface area contributed by atoms with Gasteiger partial charge in [-0.05, 0) is 42.5 Å². The van der Waals surface area contributed by atoms with Gasteiger partial charge < -0.3 is 40.0 Å². The molecule has 55 heavy (non-hydrogen) atoms. The molecule has 14 nitrogen and oxygen atoms in total. The molecule has 4 heterocycles. The molecular weight excluding hydrogens is 723 g/mol. The highest BCUT2D eigenvalue weighted by Gasteiger charge is 2.40. The summed E-state index contributed by atoms with van der Waals surface area (Å²) in [4.78, 5) is 57.9. The lowest BCUT2D eigenvalue weighted by molar-refractivity contribution is -0.136. The smallest absolute Gasteiger partial charge is 0.407 e. The average Bonchev–Trinajstić information content (AvgIpc) is 3.89. The number of nitrogens with zero attached hydrogens (tertiary/aromatic N) is 4. The van der Waals surface area contributed by atoms with Crippen LogP contribution in [0.15, 0.2) is 66.9 Å². The number of ether oxygens (including phenoxy) is 2. The Morgan fingerprint density at radius 1 is 1.05 bits per heavy atom. The molecule has 3 aromatic rings. The molecule has 0 saturated carbocycles. The number of carbonyl (C=O) groups is 4. The number of aromatic nitrogens is 2. The van der Waals surface area contributed by atoms with Gasteiger partial charge in [0.1, 0.15) is 29.7 Å². The Morgan fingerprint density at radius 3 is 2.49 bits per heavy atom. The molecule has 4 unspecified atom stereocenters. The van der Waals surface area contributed by atoms with Crippen molar-refractivity contribution < 1.29 is 46.9 Å². The van der Waals surface area contributed by atoms with E-state index in [4.69, 9.17) is 14.5 Å². The van der Waals surface area contributed by atoms with Gasteiger partial charge in [0.05, 0.1) is 24.9 Å². The van der Waals surface area contributed by atoms with Crippen LogP contribution in [0.3, 0.4) is 0 Å². The molecule has 0 radical (unpaired) electrons. The number of hydrogen-bond acceptors (Lipinski definition) is 9. The van der Waals surface area contributed by atoms with Crippen LogP contribution in [0.4, 0.5) is 22.8 Å². The van der Waals surface area contributed by atoms with Crippen LogP contribution in [-0.2, 0) is 25.6 Å². The van der Waals surface area contributed by atoms with E-state index in [0.29, 0.717) is 38.4 Å². The van der Waals surface area contributed by atoms with Crippen molar-refractivity contribution in [2.75, 3.05) is 59.1 Å². The van der Waals surface area contributed by atoms with Gasteiger partial charge >= 0.3 is 12.1 Å². The van der Waals surface area contributed by atoms with E-state index in [9.17, 15) is 28.7 Å². The van der Waals surface area contributed by atoms with E-state index in [-0.39, 0.29) is 56.4 Å². The third-order valence-electron chi connectivity index (χ3n) is 9.93. The van der Waals surface area contributed by atoms with E-state index in [0.717, 1.165) is 40.8 Å². The lowest BCUT2D eigenvalue weighted by Gasteiger charge is -2.40. The van der Waals surface area contributed by atoms with Gasteiger partial charge in [0.25, 0.3) is 11.8 Å². The minimum absolute atomic E-state index is 0.0438. The second-order valence-corrected chi connectivity index (χ2v) is 13.7. The Labute approximate surface area is 315 Å². The van der Waals surface area contributed by atoms with E-state index in [2.05, 4.69) is 16.0 Å². The van der Waals surface area contributed by atoms with Gasteiger partial charge in [0.15, 0.2) is 0 Å². The number of urea groups is 1. The van der Waals surface area contributed by atoms with Crippen LogP contribution < -0.4 is 16.0 Å². The van der Waals surface area contributed by atoms with Gasteiger partial charge in [-0.2, -0.15) is 0 Å². The number of halogens is 3. The molecule has 1 aromatic heterocycles. The standard InChI is InChI=1S/C38H44F3N7O7/c39-27-6-7-30(40)29(16-27)32-22-46(20-24-4-2-1-3-5-24)36(45-32)35(25-10-14-54-15-11-25)48(21-26-17-42-19-31(26)41)37(52)44-18-28(23-49)55-38(53)43-12-13-47-33(50)8-9-34(47)51/h1-9,16,22,25-26,28,31,35,42,49H,10-15,17-21,23H2,(H,43,53)(H,44,52). The molecule has 294 valence electrons. The summed E-state index contributed by atoms with van der Waals surface area (Å²) < 4.78 is 57.7. The first kappa shape index (κ1) is 39.4. The third kappa shape index (κ3) is 9.89. The molecule has 2 aromatic carbocycles. The fraction of sp³-hybridized carbons (Fsp3) is 0.447. The van der Waals surface area contributed by atoms with Gasteiger partial charge in [-0.3, -0.25) is 14.5 Å². The number of nitrogens with one attached hydrogen (secondary N) is 3. The molecular formula is C38H44F3N7O7. The number of benzene rings is 2. The Hall–Kier alpha value is -5.26. The minimum atomic E-state index is -1.26. The zero-order valence-corrected chi connectivity index (χ0v) is 30.0. The van der Waals surface area contributed by atoms with E-state index in [1.54, 1.807) is 10.8 Å². The second kappa shape index (κ2) is 18.4. The van der Waals surface area contributed by atoms with Crippen LogP contribution in [0.25, 0.3) is 11.3 Å². The first-order valence-electron chi connectivity index (χ1n) is 18.2. The number of carbonyl (C=O) groups excluding carboxylic acids is 4. The minimum Gasteiger partial charge on any atom is -0.442 e. The third-order valence-corrected chi connectivity index (χ3v) is 9.93. The van der Waals surface area contributed by atoms with Crippen LogP contribution in [0.2, 0.25) is 0 Å². The number of hydrogen-bond donors (Lipinski definition) is 4. The molecule has 17 heteroatoms. The van der Waals surface area contributed by atoms with Crippen molar-refractivity contribution >= 4 is 23.9 Å². The molecule has 2 fully saturated rings. The molecule has 3 aliphatic heterocycles. The number of aliphatic hydroxyl groups is 1. The summed E-state index contributed by atoms with van der Waals surface area (Å²) in [5.74, 6) is -2.80. The maximum absolute atomic E-state index is 15.3. The van der Waals surface area contributed by atoms with Crippen LogP contribution in [-0.4, -0.2) is 120 Å². The topological polar surface area (TPSA) is 167 Å². The zero-order chi connectivity index (χ0) is 38.9. The van der Waals surface area contributed by atoms with Gasteiger partial charge in [0, 0.05) is 82.3 Å². The highest BCUT2D eigenvalue weighted by Crippen LogP contribution is 2.38. The van der Waals surface area contributed by atoms with Gasteiger partial charge in [0.2, 0.25) is 0 Å².